The quantitative estimate of drug-likeness (QED) is 0.0717. The molecule has 1 saturated heterocycles. The van der Waals surface area contributed by atoms with Crippen molar-refractivity contribution in [1.82, 2.24) is 24.9 Å². The summed E-state index contributed by atoms with van der Waals surface area (Å²) in [6.45, 7) is 15.3. The number of aliphatic carboxylic acids is 1. The van der Waals surface area contributed by atoms with Gasteiger partial charge in [-0.1, -0.05) is 86.6 Å². The largest absolute Gasteiger partial charge is 0.492 e. The highest BCUT2D eigenvalue weighted by Crippen LogP contribution is 2.35. The number of carboxylic acid groups (broad SMARTS) is 1. The van der Waals surface area contributed by atoms with E-state index in [1.807, 2.05) is 17.0 Å². The second-order valence-electron chi connectivity index (χ2n) is 14.8. The van der Waals surface area contributed by atoms with Crippen LogP contribution in [0.3, 0.4) is 0 Å². The van der Waals surface area contributed by atoms with Crippen LogP contribution >= 0.6 is 0 Å². The molecule has 58 heavy (non-hydrogen) atoms. The summed E-state index contributed by atoms with van der Waals surface area (Å²) in [5.41, 5.74) is 5.83. The van der Waals surface area contributed by atoms with Gasteiger partial charge in [-0.2, -0.15) is 0 Å². The van der Waals surface area contributed by atoms with Gasteiger partial charge in [0.25, 0.3) is 6.47 Å². The van der Waals surface area contributed by atoms with Crippen LogP contribution < -0.4 is 10.1 Å². The fourth-order valence-electron chi connectivity index (χ4n) is 7.37. The third-order valence-electron chi connectivity index (χ3n) is 10.5. The predicted octanol–water partition coefficient (Wildman–Crippen LogP) is 5.03. The van der Waals surface area contributed by atoms with Gasteiger partial charge in [0.05, 0.1) is 19.3 Å². The van der Waals surface area contributed by atoms with Gasteiger partial charge >= 0.3 is 5.97 Å². The molecule has 1 heterocycles. The number of carbonyl (C=O) groups excluding carboxylic acids is 1. The van der Waals surface area contributed by atoms with Crippen molar-refractivity contribution < 1.29 is 34.0 Å². The smallest absolute Gasteiger partial charge is 0.317 e. The number of β-amino-alcohol motifs (C(OH)–C–C–N with tert-alkyl or cyclic N) is 1. The van der Waals surface area contributed by atoms with Crippen molar-refractivity contribution in [2.24, 2.45) is 0 Å². The Morgan fingerprint density at radius 2 is 1.45 bits per heavy atom. The lowest BCUT2D eigenvalue weighted by atomic mass is 9.87. The predicted molar refractivity (Wildman–Crippen MR) is 231 cm³/mol. The minimum Gasteiger partial charge on any atom is -0.492 e. The minimum absolute atomic E-state index is 0.00163. The third kappa shape index (κ3) is 17.4. The molecule has 1 unspecified atom stereocenters. The minimum atomic E-state index is -0.833. The molecular weight excluding hydrogens is 735 g/mol. The van der Waals surface area contributed by atoms with E-state index < -0.39 is 12.1 Å². The Morgan fingerprint density at radius 3 is 2.14 bits per heavy atom. The molecule has 0 spiro atoms. The van der Waals surface area contributed by atoms with Gasteiger partial charge < -0.3 is 34.6 Å². The number of aliphatic hydroxyl groups is 1. The summed E-state index contributed by atoms with van der Waals surface area (Å²) in [6.07, 6.45) is 2.47. The SMILES string of the molecule is CCN(CC)CCOc1ccc(/C(=C(/CCCOCC(O)CN2CCCN(CC(=O)O)CCNCCCN(COC=O)CC2)c2ccccc2)c2ccccc2)cc1. The maximum absolute atomic E-state index is 11.5. The number of ether oxygens (including phenoxy) is 3. The lowest BCUT2D eigenvalue weighted by Crippen LogP contribution is -2.44. The molecule has 1 fully saturated rings. The molecule has 0 saturated carbocycles. The number of carbonyl (C=O) groups is 2. The van der Waals surface area contributed by atoms with Crippen LogP contribution in [0.5, 0.6) is 5.75 Å². The standard InChI is InChI=1S/C46H67N5O7/c1-3-48(4-2)31-33-58-43-21-19-41(20-22-43)46(40-16-9-6-10-17-40)44(39-14-7-5-8-15-39)18-11-32-56-36-42(53)34-50-27-13-26-49(35-45(54)55)28-24-47-23-12-25-51(30-29-50)37-57-38-52/h5-10,14-17,19-22,38,42,47,53H,3-4,11-13,18,23-37H2,1-2H3,(H,54,55)/b46-44-. The molecule has 3 aromatic rings. The first kappa shape index (κ1) is 46.5. The molecule has 1 aliphatic rings. The third-order valence-corrected chi connectivity index (χ3v) is 10.5. The number of likely N-dealkylation sites (N-methyl/N-ethyl adjacent to an activating group) is 1. The van der Waals surface area contributed by atoms with Crippen LogP contribution in [0, 0.1) is 0 Å². The second-order valence-corrected chi connectivity index (χ2v) is 14.8. The average Bonchev–Trinajstić information content (AvgIpc) is 3.24. The molecule has 0 amide bonds. The fourth-order valence-corrected chi connectivity index (χ4v) is 7.37. The number of nitrogens with zero attached hydrogens (tertiary/aromatic N) is 4. The number of benzene rings is 3. The number of carboxylic acids is 1. The van der Waals surface area contributed by atoms with E-state index in [4.69, 9.17) is 14.2 Å². The zero-order chi connectivity index (χ0) is 41.2. The van der Waals surface area contributed by atoms with E-state index in [0.717, 1.165) is 80.8 Å². The molecular formula is C46H67N5O7. The summed E-state index contributed by atoms with van der Waals surface area (Å²) < 4.78 is 17.3. The molecule has 318 valence electrons. The van der Waals surface area contributed by atoms with Gasteiger partial charge in [-0.3, -0.25) is 24.3 Å². The number of nitrogens with one attached hydrogen (secondary N) is 1. The molecule has 1 aliphatic heterocycles. The summed E-state index contributed by atoms with van der Waals surface area (Å²) >= 11 is 0. The van der Waals surface area contributed by atoms with E-state index in [1.54, 1.807) is 0 Å². The van der Waals surface area contributed by atoms with E-state index >= 15 is 0 Å². The van der Waals surface area contributed by atoms with Crippen LogP contribution in [0.2, 0.25) is 0 Å². The molecule has 0 aliphatic carbocycles. The maximum atomic E-state index is 11.5. The fraction of sp³-hybridized carbons (Fsp3) is 0.522. The highest BCUT2D eigenvalue weighted by Gasteiger charge is 2.18. The van der Waals surface area contributed by atoms with Crippen LogP contribution in [0.25, 0.3) is 11.1 Å². The van der Waals surface area contributed by atoms with E-state index in [2.05, 4.69) is 107 Å². The van der Waals surface area contributed by atoms with Gasteiger partial charge in [-0.25, -0.2) is 0 Å². The molecule has 0 aromatic heterocycles. The summed E-state index contributed by atoms with van der Waals surface area (Å²) in [5.74, 6) is 0.0252. The monoisotopic (exact) mass is 802 g/mol. The zero-order valence-corrected chi connectivity index (χ0v) is 34.8. The first-order valence-corrected chi connectivity index (χ1v) is 21.1. The average molecular weight is 802 g/mol. The normalized spacial score (nSPS) is 16.6. The lowest BCUT2D eigenvalue weighted by molar-refractivity contribution is -0.138. The Hall–Kier alpha value is -4.14. The molecule has 4 rings (SSSR count). The number of allylic oxidation sites excluding steroid dienone is 1. The van der Waals surface area contributed by atoms with E-state index in [9.17, 15) is 19.8 Å². The first-order valence-electron chi connectivity index (χ1n) is 21.1. The zero-order valence-electron chi connectivity index (χ0n) is 34.8. The number of hydrogen-bond acceptors (Lipinski definition) is 11. The van der Waals surface area contributed by atoms with Gasteiger partial charge in [0.2, 0.25) is 0 Å². The maximum Gasteiger partial charge on any atom is 0.317 e. The van der Waals surface area contributed by atoms with Crippen LogP contribution in [0.4, 0.5) is 0 Å². The van der Waals surface area contributed by atoms with Crippen molar-refractivity contribution in [3.8, 4) is 5.75 Å². The lowest BCUT2D eigenvalue weighted by Gasteiger charge is -2.30. The Kier molecular flexibility index (Phi) is 22.1. The van der Waals surface area contributed by atoms with Crippen molar-refractivity contribution in [1.29, 1.82) is 0 Å². The Balaban J connectivity index is 1.41. The topological polar surface area (TPSA) is 127 Å². The van der Waals surface area contributed by atoms with Crippen LogP contribution in [0.1, 0.15) is 56.2 Å². The van der Waals surface area contributed by atoms with Crippen LogP contribution in [-0.2, 0) is 19.1 Å². The highest BCUT2D eigenvalue weighted by molar-refractivity contribution is 5.98. The van der Waals surface area contributed by atoms with Crippen molar-refractivity contribution in [3.63, 3.8) is 0 Å². The highest BCUT2D eigenvalue weighted by atomic mass is 16.5. The molecule has 3 N–H and O–H groups in total. The number of hydrogen-bond donors (Lipinski definition) is 3. The van der Waals surface area contributed by atoms with Crippen LogP contribution in [0.15, 0.2) is 84.9 Å². The molecule has 0 bridgehead atoms. The molecule has 12 nitrogen and oxygen atoms in total. The van der Waals surface area contributed by atoms with E-state index in [0.29, 0.717) is 65.5 Å². The summed E-state index contributed by atoms with van der Waals surface area (Å²) in [5, 5.41) is 24.0. The van der Waals surface area contributed by atoms with Crippen molar-refractivity contribution >= 4 is 23.6 Å². The van der Waals surface area contributed by atoms with Gasteiger partial charge in [0.15, 0.2) is 0 Å². The Morgan fingerprint density at radius 1 is 0.793 bits per heavy atom. The molecule has 0 radical (unpaired) electrons. The van der Waals surface area contributed by atoms with Gasteiger partial charge in [-0.15, -0.1) is 0 Å². The molecule has 12 heteroatoms. The summed E-state index contributed by atoms with van der Waals surface area (Å²) in [4.78, 5) is 31.1. The van der Waals surface area contributed by atoms with Crippen molar-refractivity contribution in [3.05, 3.63) is 102 Å². The first-order chi connectivity index (χ1) is 28.4. The van der Waals surface area contributed by atoms with E-state index in [1.165, 1.54) is 11.1 Å². The molecule has 1 atom stereocenters. The van der Waals surface area contributed by atoms with Gasteiger partial charge in [-0.05, 0) is 91.8 Å². The van der Waals surface area contributed by atoms with Crippen molar-refractivity contribution in [2.45, 2.75) is 45.6 Å². The van der Waals surface area contributed by atoms with E-state index in [-0.39, 0.29) is 19.9 Å². The second kappa shape index (κ2) is 27.5. The van der Waals surface area contributed by atoms with Gasteiger partial charge in [0.1, 0.15) is 19.1 Å². The Labute approximate surface area is 346 Å². The summed E-state index contributed by atoms with van der Waals surface area (Å²) in [6, 6.07) is 29.5. The van der Waals surface area contributed by atoms with Gasteiger partial charge in [0, 0.05) is 59.0 Å². The number of rotatable bonds is 22. The summed E-state index contributed by atoms with van der Waals surface area (Å²) in [7, 11) is 0. The molecule has 3 aromatic carbocycles. The van der Waals surface area contributed by atoms with Crippen LogP contribution in [-0.4, -0.2) is 160 Å². The van der Waals surface area contributed by atoms with Crippen molar-refractivity contribution in [2.75, 3.05) is 112 Å². The number of aliphatic hydroxyl groups excluding tert-OH is 1. The Bertz CT molecular complexity index is 1590.